The lowest BCUT2D eigenvalue weighted by Crippen LogP contribution is -2.49. The second-order valence-corrected chi connectivity index (χ2v) is 9.15. The molecule has 0 aliphatic heterocycles. The summed E-state index contributed by atoms with van der Waals surface area (Å²) in [5.41, 5.74) is -0.893. The van der Waals surface area contributed by atoms with E-state index in [1.54, 1.807) is 24.3 Å². The molecule has 0 bridgehead atoms. The average molecular weight is 482 g/mol. The van der Waals surface area contributed by atoms with Crippen LogP contribution in [0.15, 0.2) is 66.7 Å². The van der Waals surface area contributed by atoms with Crippen molar-refractivity contribution in [2.75, 3.05) is 26.6 Å². The molecule has 0 aromatic heterocycles. The van der Waals surface area contributed by atoms with Crippen LogP contribution in [0.2, 0.25) is 0 Å². The van der Waals surface area contributed by atoms with E-state index < -0.39 is 22.7 Å². The van der Waals surface area contributed by atoms with Crippen molar-refractivity contribution in [1.29, 1.82) is 0 Å². The van der Waals surface area contributed by atoms with E-state index in [0.717, 1.165) is 5.56 Å². The van der Waals surface area contributed by atoms with Gasteiger partial charge in [0.2, 0.25) is 0 Å². The molecule has 35 heavy (non-hydrogen) atoms. The molecule has 0 aliphatic rings. The first-order valence-corrected chi connectivity index (χ1v) is 11.2. The van der Waals surface area contributed by atoms with Gasteiger partial charge in [0.1, 0.15) is 28.7 Å². The summed E-state index contributed by atoms with van der Waals surface area (Å²) < 4.78 is 30.2. The Bertz CT molecular complexity index is 1140. The fourth-order valence-corrected chi connectivity index (χ4v) is 4.32. The summed E-state index contributed by atoms with van der Waals surface area (Å²) in [6, 6.07) is 18.5. The first kappa shape index (κ1) is 26.0. The van der Waals surface area contributed by atoms with Crippen LogP contribution in [0.1, 0.15) is 31.4 Å². The van der Waals surface area contributed by atoms with Gasteiger partial charge < -0.3 is 24.6 Å². The highest BCUT2D eigenvalue weighted by atomic mass is 19.1. The minimum atomic E-state index is -1.83. The van der Waals surface area contributed by atoms with Crippen molar-refractivity contribution < 1.29 is 28.5 Å². The van der Waals surface area contributed by atoms with E-state index in [4.69, 9.17) is 14.2 Å². The molecule has 0 spiro atoms. The van der Waals surface area contributed by atoms with Gasteiger partial charge in [-0.25, -0.2) is 4.39 Å². The van der Waals surface area contributed by atoms with E-state index in [-0.39, 0.29) is 12.8 Å². The van der Waals surface area contributed by atoms with Crippen LogP contribution in [0, 0.1) is 5.82 Å². The molecule has 2 N–H and O–H groups in total. The van der Waals surface area contributed by atoms with Gasteiger partial charge in [0, 0.05) is 35.9 Å². The zero-order valence-corrected chi connectivity index (χ0v) is 20.7. The summed E-state index contributed by atoms with van der Waals surface area (Å²) in [6.07, 6.45) is 0.0590. The molecule has 1 amide bonds. The first-order valence-electron chi connectivity index (χ1n) is 11.2. The van der Waals surface area contributed by atoms with Crippen LogP contribution in [0.5, 0.6) is 17.2 Å². The Morgan fingerprint density at radius 3 is 2.11 bits per heavy atom. The fraction of sp³-hybridized carbons (Fsp3) is 0.321. The zero-order chi connectivity index (χ0) is 25.6. The number of benzene rings is 3. The number of carbonyl (C=O) groups excluding carboxylic acids is 1. The molecule has 7 heteroatoms. The summed E-state index contributed by atoms with van der Waals surface area (Å²) in [5, 5.41) is 14.7. The number of amides is 1. The second kappa shape index (κ2) is 10.8. The lowest BCUT2D eigenvalue weighted by atomic mass is 9.72. The van der Waals surface area contributed by atoms with E-state index in [0.29, 0.717) is 28.5 Å². The lowest BCUT2D eigenvalue weighted by molar-refractivity contribution is -0.136. The predicted molar refractivity (Wildman–Crippen MR) is 134 cm³/mol. The van der Waals surface area contributed by atoms with Gasteiger partial charge in [0.15, 0.2) is 0 Å². The molecular formula is C28H32FNO5. The molecule has 0 heterocycles. The molecule has 0 saturated heterocycles. The Morgan fingerprint density at radius 2 is 1.54 bits per heavy atom. The molecule has 3 rings (SSSR count). The number of ether oxygens (including phenoxy) is 3. The smallest absolute Gasteiger partial charge is 0.256 e. The molecular weight excluding hydrogens is 449 g/mol. The summed E-state index contributed by atoms with van der Waals surface area (Å²) in [7, 11) is 4.54. The van der Waals surface area contributed by atoms with Crippen molar-refractivity contribution in [3.63, 3.8) is 0 Å². The summed E-state index contributed by atoms with van der Waals surface area (Å²) in [6.45, 7) is 3.70. The number of nitrogens with one attached hydrogen (secondary N) is 1. The SMILES string of the molecule is COc1cc(NC(=O)C(O)(Cc2ccccc2)CC(C)(C)c2cc(F)ccc2OC)cc(OC)c1. The number of anilines is 1. The zero-order valence-electron chi connectivity index (χ0n) is 20.7. The van der Waals surface area contributed by atoms with Crippen molar-refractivity contribution in [2.45, 2.75) is 37.7 Å². The molecule has 0 aliphatic carbocycles. The quantitative estimate of drug-likeness (QED) is 0.420. The first-order chi connectivity index (χ1) is 16.6. The third-order valence-corrected chi connectivity index (χ3v) is 6.00. The second-order valence-electron chi connectivity index (χ2n) is 9.15. The normalized spacial score (nSPS) is 13.0. The Balaban J connectivity index is 2.00. The minimum absolute atomic E-state index is 0.00163. The van der Waals surface area contributed by atoms with Crippen LogP contribution >= 0.6 is 0 Å². The van der Waals surface area contributed by atoms with Crippen molar-refractivity contribution in [2.24, 2.45) is 0 Å². The predicted octanol–water partition coefficient (Wildman–Crippen LogP) is 5.13. The molecule has 0 fully saturated rings. The van der Waals surface area contributed by atoms with Crippen LogP contribution in [0.3, 0.4) is 0 Å². The van der Waals surface area contributed by atoms with Gasteiger partial charge in [-0.15, -0.1) is 0 Å². The van der Waals surface area contributed by atoms with Gasteiger partial charge in [-0.1, -0.05) is 44.2 Å². The Labute approximate surface area is 205 Å². The Kier molecular flexibility index (Phi) is 8.02. The van der Waals surface area contributed by atoms with Gasteiger partial charge in [-0.3, -0.25) is 4.79 Å². The number of rotatable bonds is 10. The largest absolute Gasteiger partial charge is 0.497 e. The molecule has 186 valence electrons. The standard InChI is InChI=1S/C28H32FNO5/c1-27(2,24-13-20(29)11-12-25(24)35-5)18-28(32,17-19-9-7-6-8-10-19)26(31)30-21-14-22(33-3)16-23(15-21)34-4/h6-16,32H,17-18H2,1-5H3,(H,30,31). The van der Waals surface area contributed by atoms with Gasteiger partial charge >= 0.3 is 0 Å². The van der Waals surface area contributed by atoms with Crippen LogP contribution in [-0.2, 0) is 16.6 Å². The number of hydrogen-bond donors (Lipinski definition) is 2. The van der Waals surface area contributed by atoms with Crippen molar-refractivity contribution >= 4 is 11.6 Å². The maximum Gasteiger partial charge on any atom is 0.256 e. The molecule has 0 radical (unpaired) electrons. The number of aliphatic hydroxyl groups is 1. The number of halogens is 1. The van der Waals surface area contributed by atoms with Crippen molar-refractivity contribution in [3.8, 4) is 17.2 Å². The van der Waals surface area contributed by atoms with Crippen LogP contribution < -0.4 is 19.5 Å². The van der Waals surface area contributed by atoms with Crippen LogP contribution in [-0.4, -0.2) is 37.9 Å². The van der Waals surface area contributed by atoms with Crippen molar-refractivity contribution in [3.05, 3.63) is 83.7 Å². The number of hydrogen-bond acceptors (Lipinski definition) is 5. The molecule has 0 saturated carbocycles. The number of methoxy groups -OCH3 is 3. The lowest BCUT2D eigenvalue weighted by Gasteiger charge is -2.36. The minimum Gasteiger partial charge on any atom is -0.497 e. The van der Waals surface area contributed by atoms with E-state index in [1.165, 1.54) is 33.5 Å². The molecule has 1 atom stereocenters. The summed E-state index contributed by atoms with van der Waals surface area (Å²) in [5.74, 6) is 0.456. The van der Waals surface area contributed by atoms with E-state index in [9.17, 15) is 14.3 Å². The third-order valence-electron chi connectivity index (χ3n) is 6.00. The Morgan fingerprint density at radius 1 is 0.914 bits per heavy atom. The van der Waals surface area contributed by atoms with Gasteiger partial charge in [-0.2, -0.15) is 0 Å². The summed E-state index contributed by atoms with van der Waals surface area (Å²) in [4.78, 5) is 13.6. The highest BCUT2D eigenvalue weighted by molar-refractivity contribution is 5.97. The molecule has 3 aromatic carbocycles. The van der Waals surface area contributed by atoms with Crippen molar-refractivity contribution in [1.82, 2.24) is 0 Å². The fourth-order valence-electron chi connectivity index (χ4n) is 4.32. The molecule has 6 nitrogen and oxygen atoms in total. The Hall–Kier alpha value is -3.58. The maximum absolute atomic E-state index is 14.2. The van der Waals surface area contributed by atoms with Crippen LogP contribution in [0.4, 0.5) is 10.1 Å². The van der Waals surface area contributed by atoms with Crippen LogP contribution in [0.25, 0.3) is 0 Å². The molecule has 1 unspecified atom stereocenters. The van der Waals surface area contributed by atoms with E-state index in [2.05, 4.69) is 5.32 Å². The highest BCUT2D eigenvalue weighted by Crippen LogP contribution is 2.40. The highest BCUT2D eigenvalue weighted by Gasteiger charge is 2.43. The van der Waals surface area contributed by atoms with E-state index in [1.807, 2.05) is 44.2 Å². The summed E-state index contributed by atoms with van der Waals surface area (Å²) >= 11 is 0. The average Bonchev–Trinajstić information content (AvgIpc) is 2.83. The van der Waals surface area contributed by atoms with Gasteiger partial charge in [0.05, 0.1) is 21.3 Å². The monoisotopic (exact) mass is 481 g/mol. The maximum atomic E-state index is 14.2. The number of carbonyl (C=O) groups is 1. The van der Waals surface area contributed by atoms with E-state index >= 15 is 0 Å². The van der Waals surface area contributed by atoms with Gasteiger partial charge in [-0.05, 0) is 35.6 Å². The third kappa shape index (κ3) is 6.31. The molecule has 3 aromatic rings. The topological polar surface area (TPSA) is 77.0 Å². The van der Waals surface area contributed by atoms with Gasteiger partial charge in [0.25, 0.3) is 5.91 Å².